The Morgan fingerprint density at radius 1 is 1.24 bits per heavy atom. The summed E-state index contributed by atoms with van der Waals surface area (Å²) >= 11 is 1.61. The zero-order valence-corrected chi connectivity index (χ0v) is 16.7. The van der Waals surface area contributed by atoms with Crippen molar-refractivity contribution in [3.63, 3.8) is 0 Å². The number of carbonyl (C=O) groups excluding carboxylic acids is 1. The lowest BCUT2D eigenvalue weighted by atomic mass is 9.90. The van der Waals surface area contributed by atoms with Crippen LogP contribution in [0.2, 0.25) is 0 Å². The average Bonchev–Trinajstić information content (AvgIpc) is 3.23. The number of hydrogen-bond acceptors (Lipinski definition) is 8. The Labute approximate surface area is 170 Å². The van der Waals surface area contributed by atoms with Crippen molar-refractivity contribution in [2.75, 3.05) is 18.0 Å². The number of fused-ring (bicyclic) bond motifs is 1. The second-order valence-corrected chi connectivity index (χ2v) is 8.55. The van der Waals surface area contributed by atoms with Crippen LogP contribution in [0, 0.1) is 15.5 Å². The van der Waals surface area contributed by atoms with E-state index in [0.717, 1.165) is 15.3 Å². The molecule has 0 N–H and O–H groups in total. The quantitative estimate of drug-likeness (QED) is 0.266. The van der Waals surface area contributed by atoms with Gasteiger partial charge in [0.1, 0.15) is 11.9 Å². The Morgan fingerprint density at radius 3 is 2.66 bits per heavy atom. The maximum Gasteiger partial charge on any atom is 0.514 e. The molecule has 1 saturated heterocycles. The fraction of sp³-hybridized carbons (Fsp3) is 0.300. The molecular weight excluding hydrogens is 394 g/mol. The predicted octanol–water partition coefficient (Wildman–Crippen LogP) is 4.63. The number of non-ortho nitro benzene ring substituents is 1. The number of hydrogen-bond donors (Lipinski definition) is 0. The van der Waals surface area contributed by atoms with Gasteiger partial charge >= 0.3 is 6.16 Å². The minimum atomic E-state index is -0.830. The summed E-state index contributed by atoms with van der Waals surface area (Å²) in [5, 5.41) is 11.6. The minimum absolute atomic E-state index is 0.0749. The van der Waals surface area contributed by atoms with Crippen LogP contribution in [0.5, 0.6) is 5.75 Å². The summed E-state index contributed by atoms with van der Waals surface area (Å²) in [4.78, 5) is 29.2. The van der Waals surface area contributed by atoms with Crippen LogP contribution >= 0.6 is 11.3 Å². The van der Waals surface area contributed by atoms with Gasteiger partial charge in [-0.05, 0) is 24.3 Å². The fourth-order valence-electron chi connectivity index (χ4n) is 3.32. The van der Waals surface area contributed by atoms with Crippen molar-refractivity contribution in [1.29, 1.82) is 0 Å². The van der Waals surface area contributed by atoms with E-state index >= 15 is 0 Å². The Kier molecular flexibility index (Phi) is 4.83. The van der Waals surface area contributed by atoms with Gasteiger partial charge in [-0.3, -0.25) is 10.1 Å². The number of rotatable bonds is 4. The summed E-state index contributed by atoms with van der Waals surface area (Å²) in [7, 11) is 0. The SMILES string of the molecule is CC1(C)CN(c2nc3ccccc3s2)C[C@H]1OC(=O)Oc1ccc([N+](=O)[O-])cc1. The third-order valence-corrected chi connectivity index (χ3v) is 5.99. The normalized spacial score (nSPS) is 18.0. The monoisotopic (exact) mass is 413 g/mol. The molecule has 9 heteroatoms. The van der Waals surface area contributed by atoms with Crippen LogP contribution in [-0.2, 0) is 4.74 Å². The van der Waals surface area contributed by atoms with Crippen molar-refractivity contribution in [2.24, 2.45) is 5.41 Å². The van der Waals surface area contributed by atoms with Gasteiger partial charge in [0, 0.05) is 24.1 Å². The van der Waals surface area contributed by atoms with E-state index in [0.29, 0.717) is 13.1 Å². The molecule has 1 atom stereocenters. The van der Waals surface area contributed by atoms with E-state index < -0.39 is 11.1 Å². The van der Waals surface area contributed by atoms with Crippen LogP contribution in [0.4, 0.5) is 15.6 Å². The van der Waals surface area contributed by atoms with Crippen LogP contribution in [0.1, 0.15) is 13.8 Å². The molecule has 0 aliphatic carbocycles. The average molecular weight is 413 g/mol. The first-order chi connectivity index (χ1) is 13.8. The standard InChI is InChI=1S/C20H19N3O5S/c1-20(2)12-22(18-21-15-5-3-4-6-16(15)29-18)11-17(20)28-19(24)27-14-9-7-13(8-10-14)23(25)26/h3-10,17H,11-12H2,1-2H3/t17-/m1/s1. The smallest absolute Gasteiger partial charge is 0.428 e. The van der Waals surface area contributed by atoms with E-state index in [1.165, 1.54) is 24.3 Å². The molecule has 4 rings (SSSR count). The number of nitro benzene ring substituents is 1. The molecule has 8 nitrogen and oxygen atoms in total. The number of carbonyl (C=O) groups is 1. The van der Waals surface area contributed by atoms with Crippen LogP contribution < -0.4 is 9.64 Å². The van der Waals surface area contributed by atoms with E-state index in [1.54, 1.807) is 11.3 Å². The fourth-order valence-corrected chi connectivity index (χ4v) is 4.29. The maximum absolute atomic E-state index is 12.2. The molecule has 2 aromatic carbocycles. The van der Waals surface area contributed by atoms with Crippen molar-refractivity contribution in [3.8, 4) is 5.75 Å². The lowest BCUT2D eigenvalue weighted by molar-refractivity contribution is -0.384. The number of nitrogens with zero attached hydrogens (tertiary/aromatic N) is 3. The van der Waals surface area contributed by atoms with Crippen LogP contribution in [0.15, 0.2) is 48.5 Å². The van der Waals surface area contributed by atoms with Gasteiger partial charge in [0.15, 0.2) is 5.13 Å². The van der Waals surface area contributed by atoms with E-state index in [4.69, 9.17) is 9.47 Å². The molecule has 0 spiro atoms. The number of para-hydroxylation sites is 1. The zero-order chi connectivity index (χ0) is 20.6. The van der Waals surface area contributed by atoms with Gasteiger partial charge in [-0.15, -0.1) is 0 Å². The highest BCUT2D eigenvalue weighted by Crippen LogP contribution is 2.38. The third-order valence-electron chi connectivity index (χ3n) is 4.90. The van der Waals surface area contributed by atoms with Crippen molar-refractivity contribution in [3.05, 3.63) is 58.6 Å². The molecule has 1 aliphatic rings. The highest BCUT2D eigenvalue weighted by Gasteiger charge is 2.43. The van der Waals surface area contributed by atoms with Crippen molar-refractivity contribution in [2.45, 2.75) is 20.0 Å². The van der Waals surface area contributed by atoms with Crippen molar-refractivity contribution < 1.29 is 19.2 Å². The second-order valence-electron chi connectivity index (χ2n) is 7.54. The molecule has 1 fully saturated rings. The first-order valence-corrected chi connectivity index (χ1v) is 9.87. The van der Waals surface area contributed by atoms with Crippen LogP contribution in [0.25, 0.3) is 10.2 Å². The molecule has 1 aromatic heterocycles. The van der Waals surface area contributed by atoms with Crippen LogP contribution in [-0.4, -0.2) is 35.3 Å². The second kappa shape index (κ2) is 7.32. The van der Waals surface area contributed by atoms with Gasteiger partial charge in [0.2, 0.25) is 0 Å². The number of nitro groups is 1. The number of anilines is 1. The molecule has 3 aromatic rings. The molecular formula is C20H19N3O5S. The largest absolute Gasteiger partial charge is 0.514 e. The summed E-state index contributed by atoms with van der Waals surface area (Å²) in [5.74, 6) is 0.194. The molecule has 0 bridgehead atoms. The molecule has 0 radical (unpaired) electrons. The Hall–Kier alpha value is -3.20. The minimum Gasteiger partial charge on any atom is -0.428 e. The van der Waals surface area contributed by atoms with Crippen molar-refractivity contribution in [1.82, 2.24) is 4.98 Å². The maximum atomic E-state index is 12.2. The van der Waals surface area contributed by atoms with Crippen LogP contribution in [0.3, 0.4) is 0 Å². The molecule has 150 valence electrons. The summed E-state index contributed by atoms with van der Waals surface area (Å²) in [6, 6.07) is 13.2. The number of benzene rings is 2. The van der Waals surface area contributed by atoms with Crippen molar-refractivity contribution >= 4 is 38.5 Å². The number of thiazole rings is 1. The zero-order valence-electron chi connectivity index (χ0n) is 15.9. The van der Waals surface area contributed by atoms with E-state index in [1.807, 2.05) is 38.1 Å². The van der Waals surface area contributed by atoms with E-state index in [2.05, 4.69) is 9.88 Å². The highest BCUT2D eigenvalue weighted by molar-refractivity contribution is 7.22. The summed E-state index contributed by atoms with van der Waals surface area (Å²) in [6.07, 6.45) is -1.21. The lowest BCUT2D eigenvalue weighted by Gasteiger charge is -2.24. The lowest BCUT2D eigenvalue weighted by Crippen LogP contribution is -2.33. The summed E-state index contributed by atoms with van der Waals surface area (Å²) in [5.41, 5.74) is 0.591. The van der Waals surface area contributed by atoms with Gasteiger partial charge in [-0.25, -0.2) is 9.78 Å². The van der Waals surface area contributed by atoms with Gasteiger partial charge in [0.25, 0.3) is 5.69 Å². The Morgan fingerprint density at radius 2 is 1.97 bits per heavy atom. The number of aromatic nitrogens is 1. The number of ether oxygens (including phenoxy) is 2. The molecule has 1 aliphatic heterocycles. The Balaban J connectivity index is 1.42. The van der Waals surface area contributed by atoms with E-state index in [9.17, 15) is 14.9 Å². The highest BCUT2D eigenvalue weighted by atomic mass is 32.1. The molecule has 0 saturated carbocycles. The topological polar surface area (TPSA) is 94.8 Å². The van der Waals surface area contributed by atoms with Gasteiger partial charge in [-0.2, -0.15) is 0 Å². The summed E-state index contributed by atoms with van der Waals surface area (Å²) < 4.78 is 11.9. The molecule has 29 heavy (non-hydrogen) atoms. The summed E-state index contributed by atoms with van der Waals surface area (Å²) in [6.45, 7) is 5.28. The van der Waals surface area contributed by atoms with Gasteiger partial charge < -0.3 is 14.4 Å². The first-order valence-electron chi connectivity index (χ1n) is 9.05. The van der Waals surface area contributed by atoms with Gasteiger partial charge in [-0.1, -0.05) is 37.3 Å². The Bertz CT molecular complexity index is 1030. The molecule has 0 amide bonds. The third kappa shape index (κ3) is 4.00. The molecule has 0 unspecified atom stereocenters. The van der Waals surface area contributed by atoms with E-state index in [-0.39, 0.29) is 23.0 Å². The van der Waals surface area contributed by atoms with Gasteiger partial charge in [0.05, 0.1) is 21.7 Å². The molecule has 2 heterocycles. The first kappa shape index (κ1) is 19.1. The predicted molar refractivity (Wildman–Crippen MR) is 110 cm³/mol.